The molecule has 8 heteroatoms. The molecule has 0 saturated carbocycles. The molecule has 28 heavy (non-hydrogen) atoms. The number of amides is 2. The zero-order chi connectivity index (χ0) is 20.3. The van der Waals surface area contributed by atoms with Crippen LogP contribution in [0.3, 0.4) is 0 Å². The van der Waals surface area contributed by atoms with Gasteiger partial charge < -0.3 is 26.0 Å². The van der Waals surface area contributed by atoms with Crippen LogP contribution in [0.5, 0.6) is 0 Å². The van der Waals surface area contributed by atoms with Crippen molar-refractivity contribution in [3.05, 3.63) is 36.0 Å². The van der Waals surface area contributed by atoms with Gasteiger partial charge in [-0.05, 0) is 37.3 Å². The van der Waals surface area contributed by atoms with Crippen LogP contribution in [0.4, 0.5) is 0 Å². The average Bonchev–Trinajstić information content (AvgIpc) is 3.09. The van der Waals surface area contributed by atoms with E-state index in [0.717, 1.165) is 16.6 Å². The Morgan fingerprint density at radius 2 is 1.96 bits per heavy atom. The fourth-order valence-corrected chi connectivity index (χ4v) is 3.60. The van der Waals surface area contributed by atoms with Gasteiger partial charge in [0.2, 0.25) is 11.8 Å². The number of aromatic amines is 1. The first kappa shape index (κ1) is 19.9. The number of benzene rings is 1. The number of likely N-dealkylation sites (tertiary alicyclic amines) is 1. The Morgan fingerprint density at radius 1 is 1.29 bits per heavy atom. The predicted octanol–water partition coefficient (Wildman–Crippen LogP) is 0.866. The van der Waals surface area contributed by atoms with Gasteiger partial charge in [-0.3, -0.25) is 9.59 Å². The van der Waals surface area contributed by atoms with Gasteiger partial charge in [0.1, 0.15) is 6.04 Å². The minimum absolute atomic E-state index is 0.124. The minimum Gasteiger partial charge on any atom is -0.480 e. The maximum absolute atomic E-state index is 12.6. The molecule has 0 spiro atoms. The summed E-state index contributed by atoms with van der Waals surface area (Å²) in [5, 5.41) is 13.2. The van der Waals surface area contributed by atoms with Crippen molar-refractivity contribution >= 4 is 28.7 Å². The summed E-state index contributed by atoms with van der Waals surface area (Å²) in [6.07, 6.45) is 1.18. The van der Waals surface area contributed by atoms with E-state index in [4.69, 9.17) is 5.73 Å². The Bertz CT molecular complexity index is 835. The van der Waals surface area contributed by atoms with Crippen LogP contribution in [0, 0.1) is 5.92 Å². The second kappa shape index (κ2) is 8.43. The van der Waals surface area contributed by atoms with E-state index in [1.807, 2.05) is 30.3 Å². The van der Waals surface area contributed by atoms with Crippen molar-refractivity contribution in [2.24, 2.45) is 11.7 Å². The van der Waals surface area contributed by atoms with Crippen LogP contribution in [-0.4, -0.2) is 57.9 Å². The fraction of sp³-hybridized carbons (Fsp3) is 0.450. The highest BCUT2D eigenvalue weighted by molar-refractivity contribution is 5.86. The van der Waals surface area contributed by atoms with Crippen molar-refractivity contribution in [2.45, 2.75) is 38.3 Å². The number of carbonyl (C=O) groups is 3. The molecule has 2 atom stereocenters. The quantitative estimate of drug-likeness (QED) is 0.585. The lowest BCUT2D eigenvalue weighted by Crippen LogP contribution is -2.50. The van der Waals surface area contributed by atoms with Crippen molar-refractivity contribution in [3.63, 3.8) is 0 Å². The second-order valence-corrected chi connectivity index (χ2v) is 7.37. The van der Waals surface area contributed by atoms with E-state index in [2.05, 4.69) is 10.3 Å². The van der Waals surface area contributed by atoms with Crippen LogP contribution in [0.2, 0.25) is 0 Å². The number of hydrogen-bond acceptors (Lipinski definition) is 4. The van der Waals surface area contributed by atoms with Gasteiger partial charge in [-0.1, -0.05) is 18.2 Å². The average molecular weight is 386 g/mol. The van der Waals surface area contributed by atoms with Crippen LogP contribution in [0.15, 0.2) is 30.3 Å². The zero-order valence-electron chi connectivity index (χ0n) is 15.9. The largest absolute Gasteiger partial charge is 0.480 e. The third-order valence-electron chi connectivity index (χ3n) is 5.19. The number of aromatic nitrogens is 1. The highest BCUT2D eigenvalue weighted by atomic mass is 16.4. The molecule has 2 heterocycles. The number of carboxylic acids is 1. The number of carbonyl (C=O) groups excluding carboxylic acids is 2. The molecule has 0 bridgehead atoms. The van der Waals surface area contributed by atoms with Crippen LogP contribution < -0.4 is 11.1 Å². The summed E-state index contributed by atoms with van der Waals surface area (Å²) >= 11 is 0. The molecule has 2 amide bonds. The summed E-state index contributed by atoms with van der Waals surface area (Å²) in [4.78, 5) is 41.0. The van der Waals surface area contributed by atoms with Gasteiger partial charge in [0, 0.05) is 36.6 Å². The van der Waals surface area contributed by atoms with Gasteiger partial charge in [0.15, 0.2) is 0 Å². The zero-order valence-corrected chi connectivity index (χ0v) is 15.9. The van der Waals surface area contributed by atoms with E-state index in [1.165, 1.54) is 0 Å². The molecule has 0 aliphatic carbocycles. The lowest BCUT2D eigenvalue weighted by molar-refractivity contribution is -0.143. The second-order valence-electron chi connectivity index (χ2n) is 7.37. The minimum atomic E-state index is -1.07. The molecule has 0 radical (unpaired) electrons. The predicted molar refractivity (Wildman–Crippen MR) is 105 cm³/mol. The Labute approximate surface area is 163 Å². The molecule has 1 aromatic carbocycles. The van der Waals surface area contributed by atoms with E-state index < -0.39 is 18.1 Å². The molecule has 1 fully saturated rings. The summed E-state index contributed by atoms with van der Waals surface area (Å²) in [7, 11) is 0. The maximum Gasteiger partial charge on any atom is 0.326 e. The molecule has 1 aliphatic rings. The van der Waals surface area contributed by atoms with Crippen molar-refractivity contribution in [3.8, 4) is 0 Å². The highest BCUT2D eigenvalue weighted by Gasteiger charge is 2.31. The monoisotopic (exact) mass is 386 g/mol. The third kappa shape index (κ3) is 4.51. The number of piperidine rings is 1. The number of hydrogen-bond donors (Lipinski definition) is 4. The molecule has 1 saturated heterocycles. The van der Waals surface area contributed by atoms with Crippen LogP contribution in [0.1, 0.15) is 25.5 Å². The van der Waals surface area contributed by atoms with Gasteiger partial charge in [-0.15, -0.1) is 0 Å². The first-order valence-electron chi connectivity index (χ1n) is 9.49. The third-order valence-corrected chi connectivity index (χ3v) is 5.19. The number of nitrogens with zero attached hydrogens (tertiary/aromatic N) is 1. The molecule has 2 aromatic rings. The topological polar surface area (TPSA) is 129 Å². The number of nitrogens with one attached hydrogen (secondary N) is 2. The Balaban J connectivity index is 1.59. The van der Waals surface area contributed by atoms with Crippen molar-refractivity contribution in [1.29, 1.82) is 0 Å². The number of rotatable bonds is 6. The molecular formula is C20H26N4O4. The molecular weight excluding hydrogens is 360 g/mol. The number of nitrogens with two attached hydrogens (primary N) is 1. The van der Waals surface area contributed by atoms with Crippen molar-refractivity contribution < 1.29 is 19.5 Å². The normalized spacial score (nSPS) is 17.3. The summed E-state index contributed by atoms with van der Waals surface area (Å²) in [5.74, 6) is -1.78. The van der Waals surface area contributed by atoms with Crippen molar-refractivity contribution in [2.75, 3.05) is 13.1 Å². The summed E-state index contributed by atoms with van der Waals surface area (Å²) < 4.78 is 0. The standard InChI is InChI=1S/C20H26N4O4/c1-12(21)19(26)24-8-6-13(7-9-24)18(25)23-17(20(27)28)11-15-10-14-4-2-3-5-16(14)22-15/h2-5,10,12-13,17,22H,6-9,11,21H2,1H3,(H,23,25)(H,27,28). The molecule has 8 nitrogen and oxygen atoms in total. The molecule has 1 aliphatic heterocycles. The van der Waals surface area contributed by atoms with Gasteiger partial charge in [0.25, 0.3) is 0 Å². The van der Waals surface area contributed by atoms with E-state index in [0.29, 0.717) is 25.9 Å². The molecule has 150 valence electrons. The number of H-pyrrole nitrogens is 1. The van der Waals surface area contributed by atoms with E-state index in [1.54, 1.807) is 11.8 Å². The van der Waals surface area contributed by atoms with E-state index in [-0.39, 0.29) is 24.2 Å². The smallest absolute Gasteiger partial charge is 0.326 e. The Morgan fingerprint density at radius 3 is 2.57 bits per heavy atom. The number of carboxylic acid groups (broad SMARTS) is 1. The summed E-state index contributed by atoms with van der Waals surface area (Å²) in [5.41, 5.74) is 7.31. The SMILES string of the molecule is CC(N)C(=O)N1CCC(C(=O)NC(Cc2cc3ccccc3[nH]2)C(=O)O)CC1. The maximum atomic E-state index is 12.6. The Hall–Kier alpha value is -2.87. The summed E-state index contributed by atoms with van der Waals surface area (Å²) in [6, 6.07) is 8.02. The number of para-hydroxylation sites is 1. The molecule has 2 unspecified atom stereocenters. The van der Waals surface area contributed by atoms with Gasteiger partial charge >= 0.3 is 5.97 Å². The van der Waals surface area contributed by atoms with Gasteiger partial charge in [-0.25, -0.2) is 4.79 Å². The van der Waals surface area contributed by atoms with Gasteiger partial charge in [-0.2, -0.15) is 0 Å². The van der Waals surface area contributed by atoms with Crippen molar-refractivity contribution in [1.82, 2.24) is 15.2 Å². The molecule has 3 rings (SSSR count). The lowest BCUT2D eigenvalue weighted by atomic mass is 9.95. The van der Waals surface area contributed by atoms with Crippen LogP contribution in [0.25, 0.3) is 10.9 Å². The first-order valence-corrected chi connectivity index (χ1v) is 9.49. The van der Waals surface area contributed by atoms with E-state index >= 15 is 0 Å². The first-order chi connectivity index (χ1) is 13.3. The highest BCUT2D eigenvalue weighted by Crippen LogP contribution is 2.19. The van der Waals surface area contributed by atoms with E-state index in [9.17, 15) is 19.5 Å². The lowest BCUT2D eigenvalue weighted by Gasteiger charge is -2.32. The van der Waals surface area contributed by atoms with Crippen LogP contribution in [-0.2, 0) is 20.8 Å². The molecule has 1 aromatic heterocycles. The number of fused-ring (bicyclic) bond motifs is 1. The molecule has 5 N–H and O–H groups in total. The van der Waals surface area contributed by atoms with Crippen LogP contribution >= 0.6 is 0 Å². The van der Waals surface area contributed by atoms with Gasteiger partial charge in [0.05, 0.1) is 6.04 Å². The fourth-order valence-electron chi connectivity index (χ4n) is 3.60. The Kier molecular flexibility index (Phi) is 5.99. The number of aliphatic carboxylic acids is 1. The summed E-state index contributed by atoms with van der Waals surface area (Å²) in [6.45, 7) is 2.55.